The quantitative estimate of drug-likeness (QED) is 0.395. The molecule has 1 aromatic heterocycles. The molecule has 0 spiro atoms. The molecule has 0 aliphatic heterocycles. The molecule has 2 aromatic rings. The molecule has 8 heteroatoms. The first-order valence-electron chi connectivity index (χ1n) is 8.56. The van der Waals surface area contributed by atoms with Gasteiger partial charge in [-0.25, -0.2) is 4.79 Å². The third kappa shape index (κ3) is 5.38. The Morgan fingerprint density at radius 1 is 1.26 bits per heavy atom. The van der Waals surface area contributed by atoms with Crippen LogP contribution in [-0.4, -0.2) is 61.9 Å². The lowest BCUT2D eigenvalue weighted by atomic mass is 10.1. The van der Waals surface area contributed by atoms with E-state index in [1.165, 1.54) is 18.1 Å². The fourth-order valence-corrected chi connectivity index (χ4v) is 2.60. The van der Waals surface area contributed by atoms with E-state index in [0.29, 0.717) is 11.0 Å². The van der Waals surface area contributed by atoms with E-state index in [4.69, 9.17) is 19.0 Å². The Labute approximate surface area is 156 Å². The standard InChI is InChI=1S/C19H23NO7/c1-13(18(23)25-2)12-20(7-9-26-10-8-21)17(22)15-11-14-5-3-4-6-16(14)27-19(15)24/h3-6,11,13,21H,7-10,12H2,1-2H3. The monoisotopic (exact) mass is 377 g/mol. The van der Waals surface area contributed by atoms with Crippen LogP contribution in [0.2, 0.25) is 0 Å². The van der Waals surface area contributed by atoms with E-state index in [-0.39, 0.29) is 38.5 Å². The van der Waals surface area contributed by atoms with Gasteiger partial charge in [0.05, 0.1) is 32.8 Å². The number of fused-ring (bicyclic) bond motifs is 1. The third-order valence-electron chi connectivity index (χ3n) is 4.00. The highest BCUT2D eigenvalue weighted by Crippen LogP contribution is 2.14. The van der Waals surface area contributed by atoms with Crippen LogP contribution in [0, 0.1) is 5.92 Å². The summed E-state index contributed by atoms with van der Waals surface area (Å²) in [5, 5.41) is 9.41. The summed E-state index contributed by atoms with van der Waals surface area (Å²) in [6, 6.07) is 8.37. The van der Waals surface area contributed by atoms with Gasteiger partial charge < -0.3 is 23.9 Å². The number of carbonyl (C=O) groups excluding carboxylic acids is 2. The molecule has 0 saturated carbocycles. The molecule has 1 amide bonds. The van der Waals surface area contributed by atoms with Gasteiger partial charge >= 0.3 is 11.6 Å². The van der Waals surface area contributed by atoms with Crippen molar-refractivity contribution in [3.05, 3.63) is 46.3 Å². The Balaban J connectivity index is 2.27. The van der Waals surface area contributed by atoms with Crippen LogP contribution in [0.25, 0.3) is 11.0 Å². The first-order valence-corrected chi connectivity index (χ1v) is 8.56. The average Bonchev–Trinajstić information content (AvgIpc) is 2.68. The largest absolute Gasteiger partial charge is 0.469 e. The first-order chi connectivity index (χ1) is 13.0. The van der Waals surface area contributed by atoms with Crippen molar-refractivity contribution in [3.63, 3.8) is 0 Å². The van der Waals surface area contributed by atoms with E-state index in [2.05, 4.69) is 0 Å². The average molecular weight is 377 g/mol. The Morgan fingerprint density at radius 3 is 2.70 bits per heavy atom. The number of rotatable bonds is 9. The predicted octanol–water partition coefficient (Wildman–Crippen LogP) is 1.05. The summed E-state index contributed by atoms with van der Waals surface area (Å²) in [6.45, 7) is 1.98. The van der Waals surface area contributed by atoms with Gasteiger partial charge in [0.1, 0.15) is 11.1 Å². The zero-order chi connectivity index (χ0) is 19.8. The van der Waals surface area contributed by atoms with Crippen LogP contribution in [0.4, 0.5) is 0 Å². The van der Waals surface area contributed by atoms with Gasteiger partial charge in [-0.1, -0.05) is 25.1 Å². The van der Waals surface area contributed by atoms with Crippen LogP contribution in [0.1, 0.15) is 17.3 Å². The number of carbonyl (C=O) groups is 2. The SMILES string of the molecule is COC(=O)C(C)CN(CCOCCO)C(=O)c1cc2ccccc2oc1=O. The van der Waals surface area contributed by atoms with Crippen LogP contribution < -0.4 is 5.63 Å². The van der Waals surface area contributed by atoms with Gasteiger partial charge in [-0.15, -0.1) is 0 Å². The topological polar surface area (TPSA) is 106 Å². The van der Waals surface area contributed by atoms with Gasteiger partial charge in [-0.2, -0.15) is 0 Å². The zero-order valence-corrected chi connectivity index (χ0v) is 15.3. The summed E-state index contributed by atoms with van der Waals surface area (Å²) < 4.78 is 15.1. The van der Waals surface area contributed by atoms with Crippen LogP contribution in [0.15, 0.2) is 39.5 Å². The molecule has 1 atom stereocenters. The van der Waals surface area contributed by atoms with E-state index in [1.807, 2.05) is 0 Å². The number of benzene rings is 1. The predicted molar refractivity (Wildman–Crippen MR) is 97.5 cm³/mol. The maximum absolute atomic E-state index is 12.9. The fraction of sp³-hybridized carbons (Fsp3) is 0.421. The molecular formula is C19H23NO7. The van der Waals surface area contributed by atoms with Crippen molar-refractivity contribution < 1.29 is 28.6 Å². The van der Waals surface area contributed by atoms with E-state index in [9.17, 15) is 14.4 Å². The van der Waals surface area contributed by atoms with E-state index in [0.717, 1.165) is 0 Å². The number of aliphatic hydroxyl groups is 1. The van der Waals surface area contributed by atoms with Crippen molar-refractivity contribution in [1.29, 1.82) is 0 Å². The Hall–Kier alpha value is -2.71. The number of para-hydroxylation sites is 1. The van der Waals surface area contributed by atoms with E-state index >= 15 is 0 Å². The molecule has 0 bridgehead atoms. The van der Waals surface area contributed by atoms with Crippen molar-refractivity contribution in [1.82, 2.24) is 4.90 Å². The summed E-state index contributed by atoms with van der Waals surface area (Å²) in [4.78, 5) is 38.3. The Morgan fingerprint density at radius 2 is 2.00 bits per heavy atom. The minimum Gasteiger partial charge on any atom is -0.469 e. The summed E-state index contributed by atoms with van der Waals surface area (Å²) in [7, 11) is 1.27. The summed E-state index contributed by atoms with van der Waals surface area (Å²) in [5.74, 6) is -1.60. The zero-order valence-electron chi connectivity index (χ0n) is 15.3. The van der Waals surface area contributed by atoms with Crippen molar-refractivity contribution >= 4 is 22.8 Å². The fourth-order valence-electron chi connectivity index (χ4n) is 2.60. The number of hydrogen-bond donors (Lipinski definition) is 1. The number of esters is 1. The highest BCUT2D eigenvalue weighted by Gasteiger charge is 2.25. The molecular weight excluding hydrogens is 354 g/mol. The summed E-state index contributed by atoms with van der Waals surface area (Å²) >= 11 is 0. The Bertz CT molecular complexity index is 845. The lowest BCUT2D eigenvalue weighted by Crippen LogP contribution is -2.41. The molecule has 2 rings (SSSR count). The molecule has 8 nitrogen and oxygen atoms in total. The molecule has 0 radical (unpaired) electrons. The van der Waals surface area contributed by atoms with Crippen LogP contribution in [0.5, 0.6) is 0 Å². The molecule has 1 unspecified atom stereocenters. The number of methoxy groups -OCH3 is 1. The van der Waals surface area contributed by atoms with Gasteiger partial charge in [0.2, 0.25) is 0 Å². The molecule has 0 saturated heterocycles. The molecule has 0 aliphatic rings. The van der Waals surface area contributed by atoms with Crippen molar-refractivity contribution in [2.75, 3.05) is 40.0 Å². The second-order valence-electron chi connectivity index (χ2n) is 6.00. The number of aliphatic hydroxyl groups excluding tert-OH is 1. The molecule has 0 aliphatic carbocycles. The smallest absolute Gasteiger partial charge is 0.349 e. The van der Waals surface area contributed by atoms with Crippen molar-refractivity contribution in [2.45, 2.75) is 6.92 Å². The normalized spacial score (nSPS) is 12.0. The van der Waals surface area contributed by atoms with Crippen molar-refractivity contribution in [3.8, 4) is 0 Å². The number of nitrogens with zero attached hydrogens (tertiary/aromatic N) is 1. The van der Waals surface area contributed by atoms with E-state index in [1.54, 1.807) is 31.2 Å². The molecule has 1 heterocycles. The number of amides is 1. The molecule has 146 valence electrons. The number of ether oxygens (including phenoxy) is 2. The van der Waals surface area contributed by atoms with Crippen LogP contribution in [0.3, 0.4) is 0 Å². The molecule has 1 N–H and O–H groups in total. The minimum absolute atomic E-state index is 0.0558. The summed E-state index contributed by atoms with van der Waals surface area (Å²) in [5.41, 5.74) is -0.474. The first kappa shape index (κ1) is 20.6. The third-order valence-corrected chi connectivity index (χ3v) is 4.00. The van der Waals surface area contributed by atoms with Gasteiger partial charge in [-0.3, -0.25) is 9.59 Å². The summed E-state index contributed by atoms with van der Waals surface area (Å²) in [6.07, 6.45) is 0. The number of hydrogen-bond acceptors (Lipinski definition) is 7. The molecule has 1 aromatic carbocycles. The van der Waals surface area contributed by atoms with Gasteiger partial charge in [0.25, 0.3) is 5.91 Å². The second-order valence-corrected chi connectivity index (χ2v) is 6.00. The maximum Gasteiger partial charge on any atom is 0.349 e. The molecule has 27 heavy (non-hydrogen) atoms. The van der Waals surface area contributed by atoms with Gasteiger partial charge in [0.15, 0.2) is 0 Å². The highest BCUT2D eigenvalue weighted by molar-refractivity contribution is 5.96. The van der Waals surface area contributed by atoms with Crippen LogP contribution >= 0.6 is 0 Å². The highest BCUT2D eigenvalue weighted by atomic mass is 16.5. The van der Waals surface area contributed by atoms with Gasteiger partial charge in [0, 0.05) is 18.5 Å². The maximum atomic E-state index is 12.9. The van der Waals surface area contributed by atoms with Gasteiger partial charge in [-0.05, 0) is 12.1 Å². The van der Waals surface area contributed by atoms with Crippen LogP contribution in [-0.2, 0) is 14.3 Å². The minimum atomic E-state index is -0.745. The van der Waals surface area contributed by atoms with Crippen molar-refractivity contribution in [2.24, 2.45) is 5.92 Å². The second kappa shape index (κ2) is 9.84. The lowest BCUT2D eigenvalue weighted by Gasteiger charge is -2.24. The Kier molecular flexibility index (Phi) is 7.51. The molecule has 0 fully saturated rings. The van der Waals surface area contributed by atoms with E-state index < -0.39 is 23.4 Å². The lowest BCUT2D eigenvalue weighted by molar-refractivity contribution is -0.145.